The van der Waals surface area contributed by atoms with Crippen LogP contribution in [0.3, 0.4) is 0 Å². The van der Waals surface area contributed by atoms with Crippen molar-refractivity contribution in [3.63, 3.8) is 0 Å². The fourth-order valence-corrected chi connectivity index (χ4v) is 1.88. The van der Waals surface area contributed by atoms with Crippen molar-refractivity contribution < 1.29 is 8.42 Å². The number of aromatic nitrogens is 1. The first-order valence-electron chi connectivity index (χ1n) is 6.38. The lowest BCUT2D eigenvalue weighted by atomic mass is 10.3. The van der Waals surface area contributed by atoms with Crippen LogP contribution in [-0.4, -0.2) is 45.3 Å². The van der Waals surface area contributed by atoms with Gasteiger partial charge in [-0.25, -0.2) is 18.1 Å². The Morgan fingerprint density at radius 3 is 2.62 bits per heavy atom. The van der Waals surface area contributed by atoms with E-state index in [0.29, 0.717) is 25.6 Å². The van der Waals surface area contributed by atoms with Gasteiger partial charge >= 0.3 is 0 Å². The zero-order chi connectivity index (χ0) is 14.8. The van der Waals surface area contributed by atoms with E-state index in [4.69, 9.17) is 0 Å². The summed E-state index contributed by atoms with van der Waals surface area (Å²) >= 11 is 0. The van der Waals surface area contributed by atoms with E-state index in [-0.39, 0.29) is 24.0 Å². The maximum atomic E-state index is 10.9. The Labute approximate surface area is 143 Å². The highest BCUT2D eigenvalue weighted by Crippen LogP contribution is 1.95. The number of aliphatic imine (C=N–C) groups is 1. The van der Waals surface area contributed by atoms with Gasteiger partial charge in [0.1, 0.15) is 0 Å². The number of nitrogens with zero attached hydrogens (tertiary/aromatic N) is 2. The van der Waals surface area contributed by atoms with Crippen molar-refractivity contribution in [2.75, 3.05) is 25.9 Å². The Morgan fingerprint density at radius 2 is 2.05 bits per heavy atom. The predicted molar refractivity (Wildman–Crippen MR) is 95.3 cm³/mol. The number of rotatable bonds is 7. The van der Waals surface area contributed by atoms with Crippen LogP contribution in [-0.2, 0) is 16.6 Å². The number of halogens is 1. The largest absolute Gasteiger partial charge is 0.357 e. The van der Waals surface area contributed by atoms with Gasteiger partial charge in [-0.3, -0.25) is 4.98 Å². The molecule has 0 aromatic carbocycles. The molecule has 7 nitrogen and oxygen atoms in total. The zero-order valence-corrected chi connectivity index (χ0v) is 15.3. The number of hydrogen-bond acceptors (Lipinski definition) is 4. The Kier molecular flexibility index (Phi) is 10.3. The van der Waals surface area contributed by atoms with Gasteiger partial charge in [0, 0.05) is 25.8 Å². The molecule has 0 spiro atoms. The highest BCUT2D eigenvalue weighted by molar-refractivity contribution is 14.0. The van der Waals surface area contributed by atoms with Gasteiger partial charge in [-0.1, -0.05) is 6.07 Å². The van der Waals surface area contributed by atoms with Crippen LogP contribution in [0, 0.1) is 0 Å². The summed E-state index contributed by atoms with van der Waals surface area (Å²) in [5.74, 6) is 0.633. The molecular weight excluding hydrogens is 405 g/mol. The minimum atomic E-state index is -3.15. The van der Waals surface area contributed by atoms with E-state index in [2.05, 4.69) is 25.3 Å². The van der Waals surface area contributed by atoms with Crippen LogP contribution in [0.1, 0.15) is 12.6 Å². The predicted octanol–water partition coefficient (Wildman–Crippen LogP) is 0.304. The zero-order valence-electron chi connectivity index (χ0n) is 12.2. The van der Waals surface area contributed by atoms with E-state index < -0.39 is 10.0 Å². The second-order valence-corrected chi connectivity index (χ2v) is 5.94. The minimum absolute atomic E-state index is 0. The van der Waals surface area contributed by atoms with Crippen molar-refractivity contribution in [3.05, 3.63) is 30.1 Å². The topological polar surface area (TPSA) is 95.5 Å². The van der Waals surface area contributed by atoms with Gasteiger partial charge in [-0.15, -0.1) is 24.0 Å². The van der Waals surface area contributed by atoms with E-state index in [1.54, 1.807) is 6.20 Å². The number of guanidine groups is 1. The van der Waals surface area contributed by atoms with E-state index in [1.807, 2.05) is 25.1 Å². The third-order valence-electron chi connectivity index (χ3n) is 2.25. The molecule has 0 saturated carbocycles. The normalized spacial score (nSPS) is 11.6. The molecule has 0 aliphatic heterocycles. The van der Waals surface area contributed by atoms with Crippen molar-refractivity contribution in [2.45, 2.75) is 13.5 Å². The summed E-state index contributed by atoms with van der Waals surface area (Å²) in [6, 6.07) is 5.67. The molecule has 1 aromatic heterocycles. The number of nitrogens with one attached hydrogen (secondary N) is 3. The fraction of sp³-hybridized carbons (Fsp3) is 0.500. The average molecular weight is 427 g/mol. The van der Waals surface area contributed by atoms with Crippen molar-refractivity contribution in [1.82, 2.24) is 20.3 Å². The molecule has 1 heterocycles. The lowest BCUT2D eigenvalue weighted by Crippen LogP contribution is -2.41. The number of sulfonamides is 1. The van der Waals surface area contributed by atoms with Crippen molar-refractivity contribution in [3.8, 4) is 0 Å². The summed E-state index contributed by atoms with van der Waals surface area (Å²) in [4.78, 5) is 8.56. The quantitative estimate of drug-likeness (QED) is 0.252. The average Bonchev–Trinajstić information content (AvgIpc) is 2.41. The van der Waals surface area contributed by atoms with E-state index in [1.165, 1.54) is 0 Å². The molecule has 3 N–H and O–H groups in total. The molecule has 0 amide bonds. The van der Waals surface area contributed by atoms with Crippen LogP contribution in [0.2, 0.25) is 0 Å². The van der Waals surface area contributed by atoms with Gasteiger partial charge in [-0.2, -0.15) is 0 Å². The number of hydrogen-bond donors (Lipinski definition) is 3. The van der Waals surface area contributed by atoms with Gasteiger partial charge in [0.05, 0.1) is 18.5 Å². The summed E-state index contributed by atoms with van der Waals surface area (Å²) in [6.07, 6.45) is 2.86. The van der Waals surface area contributed by atoms with Crippen molar-refractivity contribution in [1.29, 1.82) is 0 Å². The van der Waals surface area contributed by atoms with Gasteiger partial charge in [0.25, 0.3) is 0 Å². The molecule has 0 radical (unpaired) electrons. The summed E-state index contributed by atoms with van der Waals surface area (Å²) in [5, 5.41) is 6.13. The van der Waals surface area contributed by atoms with Crippen LogP contribution >= 0.6 is 24.0 Å². The molecule has 0 aliphatic rings. The smallest absolute Gasteiger partial charge is 0.208 e. The highest BCUT2D eigenvalue weighted by Gasteiger charge is 2.00. The molecule has 1 rings (SSSR count). The first-order valence-corrected chi connectivity index (χ1v) is 8.27. The van der Waals surface area contributed by atoms with Crippen molar-refractivity contribution in [2.24, 2.45) is 4.99 Å². The Morgan fingerprint density at radius 1 is 1.29 bits per heavy atom. The van der Waals surface area contributed by atoms with Crippen LogP contribution in [0.4, 0.5) is 0 Å². The summed E-state index contributed by atoms with van der Waals surface area (Å²) in [5.41, 5.74) is 0.874. The van der Waals surface area contributed by atoms with Gasteiger partial charge in [0.2, 0.25) is 10.0 Å². The van der Waals surface area contributed by atoms with Gasteiger partial charge in [-0.05, 0) is 19.1 Å². The summed E-state index contributed by atoms with van der Waals surface area (Å²) in [7, 11) is -3.15. The molecule has 0 atom stereocenters. The molecule has 0 fully saturated rings. The van der Waals surface area contributed by atoms with E-state index >= 15 is 0 Å². The second kappa shape index (κ2) is 10.7. The Balaban J connectivity index is 0.00000400. The van der Waals surface area contributed by atoms with Crippen LogP contribution in [0.25, 0.3) is 0 Å². The summed E-state index contributed by atoms with van der Waals surface area (Å²) in [6.45, 7) is 3.93. The third kappa shape index (κ3) is 10.4. The lowest BCUT2D eigenvalue weighted by molar-refractivity contribution is 0.586. The standard InChI is InChI=1S/C12H21N5O2S.HI/c1-3-13-12(15-8-9-17-20(2,18)19)16-10-11-6-4-5-7-14-11;/h4-7,17H,3,8-10H2,1-2H3,(H2,13,15,16);1H. The van der Waals surface area contributed by atoms with Crippen LogP contribution in [0.15, 0.2) is 29.4 Å². The maximum Gasteiger partial charge on any atom is 0.208 e. The Bertz CT molecular complexity index is 522. The van der Waals surface area contributed by atoms with Crippen LogP contribution in [0.5, 0.6) is 0 Å². The third-order valence-corrected chi connectivity index (χ3v) is 2.98. The molecular formula is C12H22IN5O2S. The fourth-order valence-electron chi connectivity index (χ4n) is 1.41. The number of pyridine rings is 1. The molecule has 1 aromatic rings. The molecule has 0 bridgehead atoms. The molecule has 9 heteroatoms. The first-order chi connectivity index (χ1) is 9.51. The molecule has 0 saturated heterocycles. The SMILES string of the molecule is CCNC(=NCc1ccccn1)NCCNS(C)(=O)=O.I. The summed E-state index contributed by atoms with van der Waals surface area (Å²) < 4.78 is 24.2. The highest BCUT2D eigenvalue weighted by atomic mass is 127. The molecule has 21 heavy (non-hydrogen) atoms. The molecule has 0 aliphatic carbocycles. The van der Waals surface area contributed by atoms with Gasteiger partial charge < -0.3 is 10.6 Å². The Hall–Kier alpha value is -0.940. The van der Waals surface area contributed by atoms with Crippen molar-refractivity contribution >= 4 is 40.0 Å². The minimum Gasteiger partial charge on any atom is -0.357 e. The second-order valence-electron chi connectivity index (χ2n) is 4.11. The monoisotopic (exact) mass is 427 g/mol. The molecule has 0 unspecified atom stereocenters. The maximum absolute atomic E-state index is 10.9. The van der Waals surface area contributed by atoms with E-state index in [0.717, 1.165) is 18.5 Å². The molecule has 120 valence electrons. The van der Waals surface area contributed by atoms with Crippen LogP contribution < -0.4 is 15.4 Å². The van der Waals surface area contributed by atoms with E-state index in [9.17, 15) is 8.42 Å². The first kappa shape index (κ1) is 20.1. The van der Waals surface area contributed by atoms with Gasteiger partial charge in [0.15, 0.2) is 5.96 Å². The lowest BCUT2D eigenvalue weighted by Gasteiger charge is -2.11.